The molecule has 3 heterocycles. The van der Waals surface area contributed by atoms with Gasteiger partial charge in [-0.15, -0.1) is 0 Å². The highest BCUT2D eigenvalue weighted by molar-refractivity contribution is 5.91. The average Bonchev–Trinajstić information content (AvgIpc) is 3.69. The van der Waals surface area contributed by atoms with E-state index in [1.54, 1.807) is 28.1 Å². The number of aromatic nitrogens is 4. The third kappa shape index (κ3) is 5.54. The fourth-order valence-electron chi connectivity index (χ4n) is 6.42. The summed E-state index contributed by atoms with van der Waals surface area (Å²) in [4.78, 5) is 36.4. The molecule has 0 spiro atoms. The summed E-state index contributed by atoms with van der Waals surface area (Å²) in [5.74, 6) is 0.344. The number of carbonyl (C=O) groups excluding carboxylic acids is 1. The molecule has 4 N–H and O–H groups in total. The van der Waals surface area contributed by atoms with E-state index in [1.165, 1.54) is 10.9 Å². The summed E-state index contributed by atoms with van der Waals surface area (Å²) in [6.07, 6.45) is -3.10. The van der Waals surface area contributed by atoms with Gasteiger partial charge in [0.15, 0.2) is 11.2 Å². The molecule has 1 amide bonds. The summed E-state index contributed by atoms with van der Waals surface area (Å²) >= 11 is 0. The molecule has 2 aromatic heterocycles. The van der Waals surface area contributed by atoms with Crippen molar-refractivity contribution < 1.29 is 29.2 Å². The maximum absolute atomic E-state index is 12.9. The number of anilines is 1. The van der Waals surface area contributed by atoms with Crippen LogP contribution in [0.25, 0.3) is 11.2 Å². The van der Waals surface area contributed by atoms with Gasteiger partial charge in [0, 0.05) is 23.5 Å². The van der Waals surface area contributed by atoms with E-state index in [0.717, 1.165) is 0 Å². The third-order valence-electron chi connectivity index (χ3n) is 8.69. The van der Waals surface area contributed by atoms with E-state index in [4.69, 9.17) is 14.2 Å². The number of methoxy groups -OCH3 is 2. The minimum atomic E-state index is -1.40. The van der Waals surface area contributed by atoms with Crippen LogP contribution in [0.2, 0.25) is 0 Å². The summed E-state index contributed by atoms with van der Waals surface area (Å²) in [6.45, 7) is 3.45. The van der Waals surface area contributed by atoms with Crippen molar-refractivity contribution in [2.45, 2.75) is 50.2 Å². The molecule has 5 aromatic rings. The van der Waals surface area contributed by atoms with Gasteiger partial charge in [0.05, 0.1) is 32.1 Å². The minimum Gasteiger partial charge on any atom is -0.496 e. The monoisotopic (exact) mass is 639 g/mol. The van der Waals surface area contributed by atoms with E-state index in [0.29, 0.717) is 28.2 Å². The number of para-hydroxylation sites is 2. The second kappa shape index (κ2) is 13.0. The van der Waals surface area contributed by atoms with Gasteiger partial charge in [-0.3, -0.25) is 24.5 Å². The normalized spacial score (nSPS) is 18.7. The first-order valence-electron chi connectivity index (χ1n) is 15.3. The van der Waals surface area contributed by atoms with E-state index in [9.17, 15) is 19.8 Å². The molecule has 12 heteroatoms. The Morgan fingerprint density at radius 3 is 2.19 bits per heavy atom. The molecule has 0 aliphatic carbocycles. The van der Waals surface area contributed by atoms with Gasteiger partial charge in [0.1, 0.15) is 29.9 Å². The van der Waals surface area contributed by atoms with Gasteiger partial charge in [-0.2, -0.15) is 4.98 Å². The molecule has 6 rings (SSSR count). The number of benzene rings is 3. The van der Waals surface area contributed by atoms with Crippen LogP contribution in [-0.2, 0) is 14.9 Å². The van der Waals surface area contributed by atoms with Crippen LogP contribution >= 0.6 is 0 Å². The third-order valence-corrected chi connectivity index (χ3v) is 8.69. The highest BCUT2D eigenvalue weighted by atomic mass is 16.5. The van der Waals surface area contributed by atoms with Crippen molar-refractivity contribution in [3.63, 3.8) is 0 Å². The zero-order chi connectivity index (χ0) is 33.3. The van der Waals surface area contributed by atoms with Crippen LogP contribution in [0.3, 0.4) is 0 Å². The fourth-order valence-corrected chi connectivity index (χ4v) is 6.42. The van der Waals surface area contributed by atoms with E-state index in [2.05, 4.69) is 20.3 Å². The predicted octanol–water partition coefficient (Wildman–Crippen LogP) is 3.78. The number of hydrogen-bond donors (Lipinski definition) is 4. The first-order valence-corrected chi connectivity index (χ1v) is 15.3. The van der Waals surface area contributed by atoms with Crippen LogP contribution in [0.4, 0.5) is 5.95 Å². The quantitative estimate of drug-likeness (QED) is 0.167. The Kier molecular flexibility index (Phi) is 8.82. The number of carbonyl (C=O) groups is 1. The number of amides is 1. The number of imidazole rings is 1. The molecule has 1 aliphatic heterocycles. The number of aromatic amines is 1. The lowest BCUT2D eigenvalue weighted by molar-refractivity contribution is -0.118. The fraction of sp³-hybridized carbons (Fsp3) is 0.314. The predicted molar refractivity (Wildman–Crippen MR) is 174 cm³/mol. The van der Waals surface area contributed by atoms with E-state index in [1.807, 2.05) is 78.9 Å². The Hall–Kier alpha value is -5.04. The van der Waals surface area contributed by atoms with Gasteiger partial charge in [-0.05, 0) is 17.7 Å². The van der Waals surface area contributed by atoms with Gasteiger partial charge in [0.25, 0.3) is 5.56 Å². The molecule has 244 valence electrons. The molecule has 1 saturated heterocycles. The standard InChI is InChI=1S/C35H37N5O7/c1-20(2)32(43)38-34-37-31-28(33(44)39-34)36-19-40(31)27-18-24(41)29(47-27)30(42)35(21-12-6-5-7-13-21,22-14-8-10-16-25(22)45-3)23-15-9-11-17-26(23)46-4/h5-17,19-20,24,27,29-30,41-42H,18H2,1-4H3,(H2,37,38,39,43,44)/t24-,27+,29-,30?/m0/s1. The topological polar surface area (TPSA) is 161 Å². The molecule has 3 aromatic carbocycles. The molecule has 12 nitrogen and oxygen atoms in total. The maximum atomic E-state index is 12.9. The Bertz CT molecular complexity index is 1890. The van der Waals surface area contributed by atoms with E-state index >= 15 is 0 Å². The average molecular weight is 640 g/mol. The lowest BCUT2D eigenvalue weighted by atomic mass is 9.63. The van der Waals surface area contributed by atoms with E-state index in [-0.39, 0.29) is 35.4 Å². The molecule has 47 heavy (non-hydrogen) atoms. The number of fused-ring (bicyclic) bond motifs is 1. The van der Waals surface area contributed by atoms with E-state index < -0.39 is 35.5 Å². The molecular formula is C35H37N5O7. The van der Waals surface area contributed by atoms with Crippen LogP contribution in [0.1, 0.15) is 43.2 Å². The van der Waals surface area contributed by atoms with Crippen molar-refractivity contribution in [1.29, 1.82) is 0 Å². The van der Waals surface area contributed by atoms with Crippen molar-refractivity contribution >= 4 is 23.0 Å². The number of aliphatic hydroxyl groups excluding tert-OH is 2. The molecule has 1 unspecified atom stereocenters. The van der Waals surface area contributed by atoms with Gasteiger partial charge in [-0.1, -0.05) is 80.6 Å². The zero-order valence-corrected chi connectivity index (χ0v) is 26.5. The highest BCUT2D eigenvalue weighted by Crippen LogP contribution is 2.51. The van der Waals surface area contributed by atoms with Gasteiger partial charge >= 0.3 is 0 Å². The lowest BCUT2D eigenvalue weighted by Gasteiger charge is -2.43. The lowest BCUT2D eigenvalue weighted by Crippen LogP contribution is -2.51. The molecule has 0 radical (unpaired) electrons. The Morgan fingerprint density at radius 2 is 1.60 bits per heavy atom. The van der Waals surface area contributed by atoms with Gasteiger partial charge in [0.2, 0.25) is 11.9 Å². The summed E-state index contributed by atoms with van der Waals surface area (Å²) in [7, 11) is 3.13. The van der Waals surface area contributed by atoms with Crippen LogP contribution in [0.15, 0.2) is 90.0 Å². The maximum Gasteiger partial charge on any atom is 0.280 e. The summed E-state index contributed by atoms with van der Waals surface area (Å²) in [5, 5.41) is 27.0. The van der Waals surface area contributed by atoms with Crippen LogP contribution in [-0.4, -0.2) is 68.2 Å². The van der Waals surface area contributed by atoms with Crippen LogP contribution in [0.5, 0.6) is 11.5 Å². The number of ether oxygens (including phenoxy) is 3. The molecule has 0 bridgehead atoms. The summed E-state index contributed by atoms with van der Waals surface area (Å²) < 4.78 is 19.8. The number of hydrogen-bond acceptors (Lipinski definition) is 9. The molecule has 1 aliphatic rings. The molecule has 4 atom stereocenters. The van der Waals surface area contributed by atoms with Gasteiger partial charge < -0.3 is 24.4 Å². The number of rotatable bonds is 10. The molecule has 0 saturated carbocycles. The van der Waals surface area contributed by atoms with Crippen LogP contribution < -0.4 is 20.3 Å². The van der Waals surface area contributed by atoms with Crippen molar-refractivity contribution in [2.24, 2.45) is 5.92 Å². The molecular weight excluding hydrogens is 602 g/mol. The number of nitrogens with zero attached hydrogens (tertiary/aromatic N) is 3. The smallest absolute Gasteiger partial charge is 0.280 e. The van der Waals surface area contributed by atoms with Crippen LogP contribution in [0, 0.1) is 5.92 Å². The highest BCUT2D eigenvalue weighted by Gasteiger charge is 2.54. The van der Waals surface area contributed by atoms with Crippen molar-refractivity contribution in [3.8, 4) is 11.5 Å². The minimum absolute atomic E-state index is 0.0338. The second-order valence-electron chi connectivity index (χ2n) is 11.8. The summed E-state index contributed by atoms with van der Waals surface area (Å²) in [5.41, 5.74) is 0.279. The van der Waals surface area contributed by atoms with Crippen molar-refractivity contribution in [3.05, 3.63) is 112 Å². The first-order chi connectivity index (χ1) is 22.7. The Morgan fingerprint density at radius 1 is 1.00 bits per heavy atom. The SMILES string of the molecule is COc1ccccc1C(c1ccccc1)(c1ccccc1OC)C(O)[C@H]1O[C@@H](n2cnc3c(=O)[nH]c(NC(=O)C(C)C)nc32)C[C@@H]1O. The summed E-state index contributed by atoms with van der Waals surface area (Å²) in [6, 6.07) is 24.3. The number of nitrogens with one attached hydrogen (secondary N) is 2. The number of H-pyrrole nitrogens is 1. The number of aliphatic hydroxyl groups is 2. The largest absolute Gasteiger partial charge is 0.496 e. The Balaban J connectivity index is 1.49. The van der Waals surface area contributed by atoms with Crippen molar-refractivity contribution in [2.75, 3.05) is 19.5 Å². The first kappa shape index (κ1) is 31.9. The second-order valence-corrected chi connectivity index (χ2v) is 11.8. The molecule has 1 fully saturated rings. The van der Waals surface area contributed by atoms with Gasteiger partial charge in [-0.25, -0.2) is 4.98 Å². The Labute approximate surface area is 271 Å². The zero-order valence-electron chi connectivity index (χ0n) is 26.5. The van der Waals surface area contributed by atoms with Crippen molar-refractivity contribution in [1.82, 2.24) is 19.5 Å².